The molecule has 0 aromatic heterocycles. The molecule has 2 rings (SSSR count). The van der Waals surface area contributed by atoms with Gasteiger partial charge in [0.25, 0.3) is 0 Å². The summed E-state index contributed by atoms with van der Waals surface area (Å²) in [5.74, 6) is 0.796. The summed E-state index contributed by atoms with van der Waals surface area (Å²) in [5.41, 5.74) is 4.93. The maximum absolute atomic E-state index is 3.81. The van der Waals surface area contributed by atoms with Crippen molar-refractivity contribution in [2.75, 3.05) is 6.54 Å². The third-order valence-corrected chi connectivity index (χ3v) is 5.61. The van der Waals surface area contributed by atoms with Crippen LogP contribution in [0.4, 0.5) is 0 Å². The molecule has 1 saturated carbocycles. The molecule has 1 aliphatic rings. The molecule has 0 saturated heterocycles. The van der Waals surface area contributed by atoms with Crippen molar-refractivity contribution in [3.63, 3.8) is 0 Å². The van der Waals surface area contributed by atoms with E-state index in [2.05, 4.69) is 58.1 Å². The predicted octanol–water partition coefficient (Wildman–Crippen LogP) is 5.04. The molecule has 0 heterocycles. The number of likely N-dealkylation sites (N-methyl/N-ethyl adjacent to an activating group) is 1. The molecule has 0 radical (unpaired) electrons. The minimum atomic E-state index is 0.474. The first-order chi connectivity index (χ1) is 9.95. The Kier molecular flexibility index (Phi) is 5.48. The zero-order valence-electron chi connectivity index (χ0n) is 14.6. The summed E-state index contributed by atoms with van der Waals surface area (Å²) in [6, 6.07) is 7.32. The third kappa shape index (κ3) is 3.88. The molecule has 1 fully saturated rings. The predicted molar refractivity (Wildman–Crippen MR) is 92.8 cm³/mol. The highest BCUT2D eigenvalue weighted by molar-refractivity contribution is 5.34. The Labute approximate surface area is 131 Å². The first-order valence-electron chi connectivity index (χ1n) is 8.74. The third-order valence-electron chi connectivity index (χ3n) is 5.61. The largest absolute Gasteiger partial charge is 0.314 e. The van der Waals surface area contributed by atoms with Crippen LogP contribution in [-0.4, -0.2) is 12.6 Å². The van der Waals surface area contributed by atoms with E-state index in [1.807, 2.05) is 0 Å². The van der Waals surface area contributed by atoms with Crippen molar-refractivity contribution in [2.45, 2.75) is 72.8 Å². The molecule has 0 spiro atoms. The fraction of sp³-hybridized carbons (Fsp3) is 0.700. The number of aryl methyl sites for hydroxylation is 2. The van der Waals surface area contributed by atoms with Gasteiger partial charge in [0, 0.05) is 6.04 Å². The zero-order chi connectivity index (χ0) is 15.5. The zero-order valence-corrected chi connectivity index (χ0v) is 14.6. The van der Waals surface area contributed by atoms with Crippen molar-refractivity contribution in [2.24, 2.45) is 11.3 Å². The molecule has 1 aromatic rings. The Bertz CT molecular complexity index is 441. The van der Waals surface area contributed by atoms with E-state index in [0.717, 1.165) is 12.5 Å². The lowest BCUT2D eigenvalue weighted by molar-refractivity contribution is 0.0986. The Morgan fingerprint density at radius 1 is 1.19 bits per heavy atom. The Hall–Kier alpha value is -0.820. The lowest BCUT2D eigenvalue weighted by Gasteiger charge is -2.44. The molecule has 1 N–H and O–H groups in total. The lowest BCUT2D eigenvalue weighted by atomic mass is 9.65. The molecular formula is C20H33N. The van der Waals surface area contributed by atoms with Crippen LogP contribution in [0.15, 0.2) is 18.2 Å². The average Bonchev–Trinajstić information content (AvgIpc) is 2.42. The number of hydrogen-bond donors (Lipinski definition) is 1. The van der Waals surface area contributed by atoms with E-state index in [1.165, 1.54) is 43.2 Å². The van der Waals surface area contributed by atoms with Crippen LogP contribution in [0, 0.1) is 25.2 Å². The van der Waals surface area contributed by atoms with Crippen LogP contribution >= 0.6 is 0 Å². The fourth-order valence-corrected chi connectivity index (χ4v) is 4.28. The van der Waals surface area contributed by atoms with Gasteiger partial charge < -0.3 is 5.32 Å². The first-order valence-corrected chi connectivity index (χ1v) is 8.74. The molecule has 1 aliphatic carbocycles. The van der Waals surface area contributed by atoms with Crippen LogP contribution in [-0.2, 0) is 6.42 Å². The quantitative estimate of drug-likeness (QED) is 0.800. The van der Waals surface area contributed by atoms with E-state index < -0.39 is 0 Å². The van der Waals surface area contributed by atoms with Gasteiger partial charge in [-0.05, 0) is 67.7 Å². The van der Waals surface area contributed by atoms with Gasteiger partial charge in [-0.25, -0.2) is 0 Å². The van der Waals surface area contributed by atoms with Crippen LogP contribution in [0.1, 0.15) is 63.1 Å². The molecule has 2 atom stereocenters. The van der Waals surface area contributed by atoms with Crippen molar-refractivity contribution in [1.29, 1.82) is 0 Å². The summed E-state index contributed by atoms with van der Waals surface area (Å²) >= 11 is 0. The second-order valence-electron chi connectivity index (χ2n) is 7.58. The maximum Gasteiger partial charge on any atom is 0.0141 e. The standard InChI is InChI=1S/C20H33N/c1-6-21-19(18-12-7-8-13-20(18,4)5)14-17-15(2)10-9-11-16(17)3/h9-11,18-19,21H,6-8,12-14H2,1-5H3. The van der Waals surface area contributed by atoms with Crippen LogP contribution in [0.25, 0.3) is 0 Å². The monoisotopic (exact) mass is 287 g/mol. The summed E-state index contributed by atoms with van der Waals surface area (Å²) < 4.78 is 0. The second kappa shape index (κ2) is 6.96. The lowest BCUT2D eigenvalue weighted by Crippen LogP contribution is -2.46. The van der Waals surface area contributed by atoms with Gasteiger partial charge in [-0.2, -0.15) is 0 Å². The minimum absolute atomic E-state index is 0.474. The molecule has 0 aliphatic heterocycles. The molecule has 1 nitrogen and oxygen atoms in total. The van der Waals surface area contributed by atoms with Gasteiger partial charge in [0.15, 0.2) is 0 Å². The number of benzene rings is 1. The SMILES string of the molecule is CCNC(Cc1c(C)cccc1C)C1CCCCC1(C)C. The molecule has 2 unspecified atom stereocenters. The van der Waals surface area contributed by atoms with Gasteiger partial charge >= 0.3 is 0 Å². The van der Waals surface area contributed by atoms with Crippen molar-refractivity contribution in [3.05, 3.63) is 34.9 Å². The van der Waals surface area contributed by atoms with Gasteiger partial charge in [0.1, 0.15) is 0 Å². The van der Waals surface area contributed by atoms with Crippen molar-refractivity contribution < 1.29 is 0 Å². The average molecular weight is 287 g/mol. The van der Waals surface area contributed by atoms with Gasteiger partial charge in [-0.15, -0.1) is 0 Å². The molecule has 0 bridgehead atoms. The number of nitrogens with one attached hydrogen (secondary N) is 1. The van der Waals surface area contributed by atoms with E-state index in [9.17, 15) is 0 Å². The molecule has 21 heavy (non-hydrogen) atoms. The fourth-order valence-electron chi connectivity index (χ4n) is 4.28. The summed E-state index contributed by atoms with van der Waals surface area (Å²) in [5, 5.41) is 3.81. The van der Waals surface area contributed by atoms with Crippen LogP contribution in [0.5, 0.6) is 0 Å². The number of rotatable bonds is 5. The summed E-state index contributed by atoms with van der Waals surface area (Å²) in [4.78, 5) is 0. The second-order valence-corrected chi connectivity index (χ2v) is 7.58. The summed E-state index contributed by atoms with van der Waals surface area (Å²) in [7, 11) is 0. The number of hydrogen-bond acceptors (Lipinski definition) is 1. The minimum Gasteiger partial charge on any atom is -0.314 e. The van der Waals surface area contributed by atoms with E-state index in [4.69, 9.17) is 0 Å². The van der Waals surface area contributed by atoms with Crippen molar-refractivity contribution in [1.82, 2.24) is 5.32 Å². The van der Waals surface area contributed by atoms with Crippen LogP contribution in [0.3, 0.4) is 0 Å². The van der Waals surface area contributed by atoms with Crippen LogP contribution < -0.4 is 5.32 Å². The molecule has 0 amide bonds. The van der Waals surface area contributed by atoms with E-state index in [0.29, 0.717) is 11.5 Å². The van der Waals surface area contributed by atoms with Gasteiger partial charge in [-0.1, -0.05) is 51.8 Å². The highest BCUT2D eigenvalue weighted by Gasteiger charge is 2.37. The molecular weight excluding hydrogens is 254 g/mol. The normalized spacial score (nSPS) is 23.0. The maximum atomic E-state index is 3.81. The Morgan fingerprint density at radius 3 is 2.43 bits per heavy atom. The smallest absolute Gasteiger partial charge is 0.0141 e. The van der Waals surface area contributed by atoms with Crippen LogP contribution in [0.2, 0.25) is 0 Å². The van der Waals surface area contributed by atoms with E-state index in [1.54, 1.807) is 5.56 Å². The Morgan fingerprint density at radius 2 is 1.86 bits per heavy atom. The van der Waals surface area contributed by atoms with E-state index >= 15 is 0 Å². The van der Waals surface area contributed by atoms with Gasteiger partial charge in [-0.3, -0.25) is 0 Å². The first kappa shape index (κ1) is 16.5. The van der Waals surface area contributed by atoms with Gasteiger partial charge in [0.05, 0.1) is 0 Å². The van der Waals surface area contributed by atoms with Crippen molar-refractivity contribution >= 4 is 0 Å². The molecule has 118 valence electrons. The summed E-state index contributed by atoms with van der Waals surface area (Å²) in [6.07, 6.45) is 6.76. The van der Waals surface area contributed by atoms with Crippen molar-refractivity contribution in [3.8, 4) is 0 Å². The highest BCUT2D eigenvalue weighted by Crippen LogP contribution is 2.43. The topological polar surface area (TPSA) is 12.0 Å². The highest BCUT2D eigenvalue weighted by atomic mass is 14.9. The van der Waals surface area contributed by atoms with Gasteiger partial charge in [0.2, 0.25) is 0 Å². The summed E-state index contributed by atoms with van der Waals surface area (Å²) in [6.45, 7) is 12.8. The van der Waals surface area contributed by atoms with E-state index in [-0.39, 0.29) is 0 Å². The Balaban J connectivity index is 2.23. The molecule has 1 aromatic carbocycles. The molecule has 1 heteroatoms.